The Balaban J connectivity index is 1.52. The fourth-order valence-corrected chi connectivity index (χ4v) is 5.21. The molecule has 1 fully saturated rings. The molecule has 1 heterocycles. The molecule has 0 unspecified atom stereocenters. The number of pyridine rings is 1. The zero-order valence-corrected chi connectivity index (χ0v) is 20.8. The zero-order valence-electron chi connectivity index (χ0n) is 20.8. The number of para-hydroxylation sites is 2. The van der Waals surface area contributed by atoms with Gasteiger partial charge in [-0.2, -0.15) is 0 Å². The summed E-state index contributed by atoms with van der Waals surface area (Å²) in [5, 5.41) is 7.13. The van der Waals surface area contributed by atoms with Gasteiger partial charge in [0.05, 0.1) is 16.8 Å². The molecule has 1 saturated carbocycles. The number of hydrogen-bond acceptors (Lipinski definition) is 3. The van der Waals surface area contributed by atoms with Gasteiger partial charge in [0.2, 0.25) is 5.91 Å². The van der Waals surface area contributed by atoms with E-state index in [2.05, 4.69) is 10.6 Å². The number of fused-ring (bicyclic) bond motifs is 1. The summed E-state index contributed by atoms with van der Waals surface area (Å²) in [6.07, 6.45) is 4.08. The van der Waals surface area contributed by atoms with Crippen molar-refractivity contribution in [1.82, 2.24) is 10.3 Å². The van der Waals surface area contributed by atoms with Crippen LogP contribution in [0.5, 0.6) is 0 Å². The van der Waals surface area contributed by atoms with Crippen LogP contribution in [0.3, 0.4) is 0 Å². The maximum atomic E-state index is 13.9. The molecule has 1 aliphatic carbocycles. The molecule has 1 aliphatic rings. The van der Waals surface area contributed by atoms with Crippen LogP contribution in [0.4, 0.5) is 5.69 Å². The molecule has 4 aromatic rings. The third-order valence-corrected chi connectivity index (χ3v) is 7.24. The molecular formula is C31H31N3O2. The summed E-state index contributed by atoms with van der Waals surface area (Å²) in [4.78, 5) is 32.5. The first-order valence-corrected chi connectivity index (χ1v) is 12.6. The normalized spacial score (nSPS) is 14.8. The van der Waals surface area contributed by atoms with Crippen molar-refractivity contribution >= 4 is 28.4 Å². The van der Waals surface area contributed by atoms with Crippen LogP contribution in [0.2, 0.25) is 0 Å². The lowest BCUT2D eigenvalue weighted by Crippen LogP contribution is -2.58. The molecule has 5 nitrogen and oxygen atoms in total. The number of nitrogens with one attached hydrogen (secondary N) is 2. The van der Waals surface area contributed by atoms with Crippen molar-refractivity contribution < 1.29 is 9.59 Å². The van der Waals surface area contributed by atoms with Gasteiger partial charge in [0.15, 0.2) is 0 Å². The van der Waals surface area contributed by atoms with Crippen molar-refractivity contribution in [1.29, 1.82) is 0 Å². The van der Waals surface area contributed by atoms with Gasteiger partial charge in [-0.05, 0) is 49.9 Å². The second-order valence-corrected chi connectivity index (χ2v) is 9.76. The third kappa shape index (κ3) is 4.61. The number of aryl methyl sites for hydroxylation is 2. The van der Waals surface area contributed by atoms with E-state index in [0.717, 1.165) is 58.2 Å². The Labute approximate surface area is 212 Å². The van der Waals surface area contributed by atoms with Crippen LogP contribution in [0.25, 0.3) is 22.2 Å². The molecule has 0 radical (unpaired) electrons. The van der Waals surface area contributed by atoms with Crippen LogP contribution in [-0.4, -0.2) is 22.3 Å². The fourth-order valence-electron chi connectivity index (χ4n) is 5.21. The largest absolute Gasteiger partial charge is 0.338 e. The first kappa shape index (κ1) is 23.7. The fraction of sp³-hybridized carbons (Fsp3) is 0.258. The lowest BCUT2D eigenvalue weighted by Gasteiger charge is -2.37. The van der Waals surface area contributed by atoms with Crippen molar-refractivity contribution in [3.8, 4) is 11.3 Å². The summed E-state index contributed by atoms with van der Waals surface area (Å²) in [7, 11) is 0. The van der Waals surface area contributed by atoms with Gasteiger partial charge < -0.3 is 10.6 Å². The Bertz CT molecular complexity index is 1400. The monoisotopic (exact) mass is 477 g/mol. The van der Waals surface area contributed by atoms with Gasteiger partial charge >= 0.3 is 0 Å². The summed E-state index contributed by atoms with van der Waals surface area (Å²) in [5.41, 5.74) is 4.84. The highest BCUT2D eigenvalue weighted by Gasteiger charge is 2.41. The molecule has 2 amide bonds. The van der Waals surface area contributed by atoms with Crippen LogP contribution in [0.15, 0.2) is 78.9 Å². The Morgan fingerprint density at radius 2 is 1.47 bits per heavy atom. The number of anilines is 1. The van der Waals surface area contributed by atoms with Crippen LogP contribution < -0.4 is 10.6 Å². The minimum Gasteiger partial charge on any atom is -0.338 e. The molecule has 0 aliphatic heterocycles. The topological polar surface area (TPSA) is 71.1 Å². The van der Waals surface area contributed by atoms with E-state index in [4.69, 9.17) is 4.98 Å². The molecular weight excluding hydrogens is 446 g/mol. The Morgan fingerprint density at radius 3 is 2.19 bits per heavy atom. The minimum absolute atomic E-state index is 0.144. The number of aromatic nitrogens is 1. The van der Waals surface area contributed by atoms with E-state index in [9.17, 15) is 9.59 Å². The summed E-state index contributed by atoms with van der Waals surface area (Å²) < 4.78 is 0. The van der Waals surface area contributed by atoms with Crippen molar-refractivity contribution in [2.24, 2.45) is 0 Å². The molecule has 0 spiro atoms. The van der Waals surface area contributed by atoms with Gasteiger partial charge in [0, 0.05) is 16.6 Å². The number of benzene rings is 3. The molecule has 0 atom stereocenters. The van der Waals surface area contributed by atoms with Crippen molar-refractivity contribution in [2.75, 3.05) is 5.32 Å². The average molecular weight is 478 g/mol. The first-order chi connectivity index (χ1) is 17.5. The second-order valence-electron chi connectivity index (χ2n) is 9.76. The van der Waals surface area contributed by atoms with Gasteiger partial charge in [-0.1, -0.05) is 86.0 Å². The molecule has 0 bridgehead atoms. The van der Waals surface area contributed by atoms with Gasteiger partial charge in [0.1, 0.15) is 5.54 Å². The molecule has 5 heteroatoms. The molecule has 5 rings (SSSR count). The Hall–Kier alpha value is -3.99. The molecule has 1 aromatic heterocycles. The van der Waals surface area contributed by atoms with Crippen LogP contribution in [-0.2, 0) is 4.79 Å². The van der Waals surface area contributed by atoms with Gasteiger partial charge in [0.25, 0.3) is 5.91 Å². The third-order valence-electron chi connectivity index (χ3n) is 7.24. The molecule has 0 saturated heterocycles. The zero-order chi connectivity index (χ0) is 25.1. The van der Waals surface area contributed by atoms with E-state index in [1.807, 2.05) is 92.7 Å². The van der Waals surface area contributed by atoms with Crippen molar-refractivity contribution in [3.05, 3.63) is 95.6 Å². The lowest BCUT2D eigenvalue weighted by molar-refractivity contribution is -0.123. The number of carbonyl (C=O) groups is 2. The predicted molar refractivity (Wildman–Crippen MR) is 145 cm³/mol. The summed E-state index contributed by atoms with van der Waals surface area (Å²) >= 11 is 0. The highest BCUT2D eigenvalue weighted by atomic mass is 16.2. The molecule has 36 heavy (non-hydrogen) atoms. The Kier molecular flexibility index (Phi) is 6.55. The van der Waals surface area contributed by atoms with Gasteiger partial charge in [-0.3, -0.25) is 9.59 Å². The number of carbonyl (C=O) groups excluding carboxylic acids is 2. The van der Waals surface area contributed by atoms with Crippen molar-refractivity contribution in [3.63, 3.8) is 0 Å². The first-order valence-electron chi connectivity index (χ1n) is 12.6. The highest BCUT2D eigenvalue weighted by molar-refractivity contribution is 6.10. The SMILES string of the molecule is Cc1cccc(C)c1NC(=O)C1(NC(=O)c2cc(-c3ccccc3)nc3ccccc23)CCCCC1. The standard InChI is InChI=1S/C31H31N3O2/c1-21-12-11-13-22(2)28(21)33-30(36)31(18-9-4-10-19-31)34-29(35)25-20-27(23-14-5-3-6-15-23)32-26-17-8-7-16-24(25)26/h3,5-8,11-17,20H,4,9-10,18-19H2,1-2H3,(H,33,36)(H,34,35). The lowest BCUT2D eigenvalue weighted by atomic mass is 9.80. The number of amides is 2. The summed E-state index contributed by atoms with van der Waals surface area (Å²) in [5.74, 6) is -0.390. The van der Waals surface area contributed by atoms with E-state index in [0.29, 0.717) is 18.4 Å². The average Bonchev–Trinajstić information content (AvgIpc) is 2.91. The number of rotatable bonds is 5. The molecule has 182 valence electrons. The van der Waals surface area contributed by atoms with Gasteiger partial charge in [-0.25, -0.2) is 4.98 Å². The van der Waals surface area contributed by atoms with Crippen LogP contribution in [0, 0.1) is 13.8 Å². The molecule has 2 N–H and O–H groups in total. The second kappa shape index (κ2) is 9.94. The minimum atomic E-state index is -0.957. The summed E-state index contributed by atoms with van der Waals surface area (Å²) in [6.45, 7) is 3.98. The van der Waals surface area contributed by atoms with Crippen LogP contribution >= 0.6 is 0 Å². The van der Waals surface area contributed by atoms with E-state index >= 15 is 0 Å². The maximum Gasteiger partial charge on any atom is 0.252 e. The highest BCUT2D eigenvalue weighted by Crippen LogP contribution is 2.32. The predicted octanol–water partition coefficient (Wildman–Crippen LogP) is 6.59. The van der Waals surface area contributed by atoms with E-state index in [-0.39, 0.29) is 11.8 Å². The van der Waals surface area contributed by atoms with E-state index in [1.165, 1.54) is 0 Å². The van der Waals surface area contributed by atoms with E-state index in [1.54, 1.807) is 0 Å². The number of nitrogens with zero attached hydrogens (tertiary/aromatic N) is 1. The van der Waals surface area contributed by atoms with E-state index < -0.39 is 5.54 Å². The van der Waals surface area contributed by atoms with Gasteiger partial charge in [-0.15, -0.1) is 0 Å². The number of hydrogen-bond donors (Lipinski definition) is 2. The smallest absolute Gasteiger partial charge is 0.252 e. The van der Waals surface area contributed by atoms with Crippen LogP contribution in [0.1, 0.15) is 53.6 Å². The molecule has 3 aromatic carbocycles. The maximum absolute atomic E-state index is 13.9. The quantitative estimate of drug-likeness (QED) is 0.341. The van der Waals surface area contributed by atoms with Crippen molar-refractivity contribution in [2.45, 2.75) is 51.5 Å². The Morgan fingerprint density at radius 1 is 0.806 bits per heavy atom. The summed E-state index contributed by atoms with van der Waals surface area (Å²) in [6, 6.07) is 25.3.